The van der Waals surface area contributed by atoms with Crippen molar-refractivity contribution in [2.45, 2.75) is 38.6 Å². The largest absolute Gasteiger partial charge is 0.328 e. The highest BCUT2D eigenvalue weighted by Crippen LogP contribution is 2.36. The van der Waals surface area contributed by atoms with Gasteiger partial charge in [-0.3, -0.25) is 0 Å². The van der Waals surface area contributed by atoms with Crippen molar-refractivity contribution in [1.82, 2.24) is 0 Å². The number of hydrogen-bond donors (Lipinski definition) is 1. The van der Waals surface area contributed by atoms with Gasteiger partial charge in [-0.15, -0.1) is 0 Å². The van der Waals surface area contributed by atoms with E-state index >= 15 is 0 Å². The Hall–Kier alpha value is -1.34. The molecule has 0 bridgehead atoms. The molecule has 0 radical (unpaired) electrons. The van der Waals surface area contributed by atoms with Gasteiger partial charge in [0.15, 0.2) is 0 Å². The summed E-state index contributed by atoms with van der Waals surface area (Å²) in [6.45, 7) is 4.38. The van der Waals surface area contributed by atoms with Crippen molar-refractivity contribution in [2.24, 2.45) is 11.7 Å². The Morgan fingerprint density at radius 1 is 1.11 bits per heavy atom. The molecule has 0 spiro atoms. The number of benzene rings is 1. The third kappa shape index (κ3) is 2.91. The van der Waals surface area contributed by atoms with Crippen LogP contribution in [0.15, 0.2) is 54.1 Å². The van der Waals surface area contributed by atoms with Gasteiger partial charge in [0.1, 0.15) is 0 Å². The van der Waals surface area contributed by atoms with Gasteiger partial charge in [0.25, 0.3) is 0 Å². The van der Waals surface area contributed by atoms with Crippen LogP contribution in [0.1, 0.15) is 38.2 Å². The zero-order chi connectivity index (χ0) is 13.0. The lowest BCUT2D eigenvalue weighted by molar-refractivity contribution is 0.422. The summed E-state index contributed by atoms with van der Waals surface area (Å²) in [5, 5.41) is 0. The van der Waals surface area contributed by atoms with Gasteiger partial charge < -0.3 is 5.73 Å². The molecule has 1 unspecified atom stereocenters. The molecule has 0 aliphatic heterocycles. The summed E-state index contributed by atoms with van der Waals surface area (Å²) in [5.41, 5.74) is 9.05. The summed E-state index contributed by atoms with van der Waals surface area (Å²) < 4.78 is 0. The predicted molar refractivity (Wildman–Crippen MR) is 78.5 cm³/mol. The average molecular weight is 241 g/mol. The van der Waals surface area contributed by atoms with E-state index in [2.05, 4.69) is 62.4 Å². The van der Waals surface area contributed by atoms with Gasteiger partial charge in [0.2, 0.25) is 0 Å². The lowest BCUT2D eigenvalue weighted by atomic mass is 9.76. The maximum absolute atomic E-state index is 6.14. The molecule has 1 aromatic rings. The number of allylic oxidation sites excluding steroid dienone is 4. The van der Waals surface area contributed by atoms with Gasteiger partial charge in [-0.25, -0.2) is 0 Å². The van der Waals surface area contributed by atoms with E-state index in [1.54, 1.807) is 0 Å². The van der Waals surface area contributed by atoms with E-state index in [9.17, 15) is 0 Å². The first-order valence-electron chi connectivity index (χ1n) is 6.86. The molecule has 1 aliphatic carbocycles. The molecule has 0 saturated carbocycles. The van der Waals surface area contributed by atoms with E-state index in [1.165, 1.54) is 11.1 Å². The van der Waals surface area contributed by atoms with E-state index in [1.807, 2.05) is 0 Å². The van der Waals surface area contributed by atoms with E-state index in [-0.39, 0.29) is 6.04 Å². The van der Waals surface area contributed by atoms with Crippen LogP contribution in [0.4, 0.5) is 0 Å². The fourth-order valence-electron chi connectivity index (χ4n) is 2.70. The number of rotatable bonds is 4. The second-order valence-corrected chi connectivity index (χ2v) is 5.31. The highest BCUT2D eigenvalue weighted by molar-refractivity contribution is 5.33. The lowest BCUT2D eigenvalue weighted by Gasteiger charge is -2.30. The first-order valence-corrected chi connectivity index (χ1v) is 6.86. The molecule has 0 saturated heterocycles. The fourth-order valence-corrected chi connectivity index (χ4v) is 2.70. The Morgan fingerprint density at radius 3 is 2.39 bits per heavy atom. The molecule has 1 heteroatoms. The van der Waals surface area contributed by atoms with Crippen LogP contribution in [0.3, 0.4) is 0 Å². The first-order chi connectivity index (χ1) is 8.70. The van der Waals surface area contributed by atoms with Crippen LogP contribution >= 0.6 is 0 Å². The highest BCUT2D eigenvalue weighted by Gasteiger charge is 2.25. The Bertz CT molecular complexity index is 428. The van der Waals surface area contributed by atoms with Gasteiger partial charge in [0, 0.05) is 12.0 Å². The van der Waals surface area contributed by atoms with Crippen molar-refractivity contribution >= 4 is 0 Å². The molecule has 0 amide bonds. The second-order valence-electron chi connectivity index (χ2n) is 5.31. The van der Waals surface area contributed by atoms with Crippen LogP contribution < -0.4 is 5.73 Å². The molecule has 2 N–H and O–H groups in total. The molecular formula is C17H23N. The molecule has 0 aromatic heterocycles. The summed E-state index contributed by atoms with van der Waals surface area (Å²) in [6, 6.07) is 11.0. The Labute approximate surface area is 110 Å². The van der Waals surface area contributed by atoms with Gasteiger partial charge >= 0.3 is 0 Å². The minimum Gasteiger partial charge on any atom is -0.328 e. The Kier molecular flexibility index (Phi) is 4.38. The monoisotopic (exact) mass is 241 g/mol. The van der Waals surface area contributed by atoms with Gasteiger partial charge in [0.05, 0.1) is 0 Å². The maximum atomic E-state index is 6.14. The summed E-state index contributed by atoms with van der Waals surface area (Å²) >= 11 is 0. The fraction of sp³-hybridized carbons (Fsp3) is 0.412. The molecule has 0 heterocycles. The van der Waals surface area contributed by atoms with E-state index < -0.39 is 0 Å². The topological polar surface area (TPSA) is 26.0 Å². The third-order valence-corrected chi connectivity index (χ3v) is 3.96. The van der Waals surface area contributed by atoms with Crippen molar-refractivity contribution < 1.29 is 0 Å². The molecule has 1 aliphatic rings. The zero-order valence-corrected chi connectivity index (χ0v) is 11.3. The van der Waals surface area contributed by atoms with Crippen LogP contribution in [0, 0.1) is 5.92 Å². The first kappa shape index (κ1) is 13.1. The van der Waals surface area contributed by atoms with Crippen LogP contribution in [-0.4, -0.2) is 6.04 Å². The molecule has 1 nitrogen and oxygen atoms in total. The van der Waals surface area contributed by atoms with Crippen molar-refractivity contribution in [2.75, 3.05) is 0 Å². The smallest absolute Gasteiger partial charge is 0.00916 e. The Balaban J connectivity index is 2.34. The van der Waals surface area contributed by atoms with Crippen LogP contribution in [-0.2, 0) is 0 Å². The van der Waals surface area contributed by atoms with Gasteiger partial charge in [-0.1, -0.05) is 61.1 Å². The van der Waals surface area contributed by atoms with E-state index in [0.29, 0.717) is 11.8 Å². The van der Waals surface area contributed by atoms with E-state index in [4.69, 9.17) is 5.73 Å². The van der Waals surface area contributed by atoms with Crippen molar-refractivity contribution in [3.05, 3.63) is 59.7 Å². The van der Waals surface area contributed by atoms with Gasteiger partial charge in [-0.2, -0.15) is 0 Å². The van der Waals surface area contributed by atoms with Crippen molar-refractivity contribution in [3.8, 4) is 0 Å². The third-order valence-electron chi connectivity index (χ3n) is 3.96. The SMILES string of the molecule is C[C@@H](N)[C@@H](C)C(C1=CC=CCC1)c1ccccc1. The average Bonchev–Trinajstić information content (AvgIpc) is 2.41. The molecule has 3 atom stereocenters. The molecule has 96 valence electrons. The molecule has 18 heavy (non-hydrogen) atoms. The molecule has 1 aromatic carbocycles. The van der Waals surface area contributed by atoms with Crippen LogP contribution in [0.2, 0.25) is 0 Å². The molecular weight excluding hydrogens is 218 g/mol. The minimum absolute atomic E-state index is 0.210. The highest BCUT2D eigenvalue weighted by atomic mass is 14.6. The zero-order valence-electron chi connectivity index (χ0n) is 11.3. The summed E-state index contributed by atoms with van der Waals surface area (Å²) in [4.78, 5) is 0. The number of nitrogens with two attached hydrogens (primary N) is 1. The van der Waals surface area contributed by atoms with Crippen molar-refractivity contribution in [3.63, 3.8) is 0 Å². The summed E-state index contributed by atoms with van der Waals surface area (Å²) in [6.07, 6.45) is 9.01. The minimum atomic E-state index is 0.210. The summed E-state index contributed by atoms with van der Waals surface area (Å²) in [7, 11) is 0. The number of hydrogen-bond acceptors (Lipinski definition) is 1. The predicted octanol–water partition coefficient (Wildman–Crippen LogP) is 4.03. The van der Waals surface area contributed by atoms with Gasteiger partial charge in [-0.05, 0) is 31.2 Å². The standard InChI is InChI=1S/C17H23N/c1-13(14(2)18)17(15-9-5-3-6-10-15)16-11-7-4-8-12-16/h3-7,9-11,13-14,17H,8,12,18H2,1-2H3/t13-,14-,17?/m1/s1. The Morgan fingerprint density at radius 2 is 1.83 bits per heavy atom. The summed E-state index contributed by atoms with van der Waals surface area (Å²) in [5.74, 6) is 0.918. The second kappa shape index (κ2) is 6.01. The quantitative estimate of drug-likeness (QED) is 0.846. The van der Waals surface area contributed by atoms with Crippen LogP contribution in [0.5, 0.6) is 0 Å². The normalized spacial score (nSPS) is 20.1. The van der Waals surface area contributed by atoms with Crippen molar-refractivity contribution in [1.29, 1.82) is 0 Å². The molecule has 0 fully saturated rings. The molecule has 2 rings (SSSR count). The lowest BCUT2D eigenvalue weighted by Crippen LogP contribution is -2.30. The maximum Gasteiger partial charge on any atom is 0.00916 e. The van der Waals surface area contributed by atoms with Crippen LogP contribution in [0.25, 0.3) is 0 Å². The van der Waals surface area contributed by atoms with E-state index in [0.717, 1.165) is 12.8 Å².